The second-order valence-corrected chi connectivity index (χ2v) is 6.37. The zero-order valence-electron chi connectivity index (χ0n) is 13.9. The third kappa shape index (κ3) is 7.09. The van der Waals surface area contributed by atoms with Crippen LogP contribution in [0.2, 0.25) is 0 Å². The lowest BCUT2D eigenvalue weighted by molar-refractivity contribution is 0.484. The maximum absolute atomic E-state index is 3.61. The van der Waals surface area contributed by atoms with Gasteiger partial charge in [-0.05, 0) is 24.8 Å². The van der Waals surface area contributed by atoms with Gasteiger partial charge in [-0.3, -0.25) is 0 Å². The fraction of sp³-hybridized carbons (Fsp3) is 0.684. The van der Waals surface area contributed by atoms with E-state index in [4.69, 9.17) is 0 Å². The molecule has 0 saturated heterocycles. The van der Waals surface area contributed by atoms with Gasteiger partial charge in [0.05, 0.1) is 0 Å². The van der Waals surface area contributed by atoms with Crippen LogP contribution >= 0.6 is 0 Å². The van der Waals surface area contributed by atoms with Crippen LogP contribution in [0.15, 0.2) is 24.3 Å². The second-order valence-electron chi connectivity index (χ2n) is 6.37. The molecule has 114 valence electrons. The molecule has 0 heterocycles. The van der Waals surface area contributed by atoms with Crippen LogP contribution in [0.3, 0.4) is 0 Å². The van der Waals surface area contributed by atoms with Crippen LogP contribution in [0.25, 0.3) is 0 Å². The molecule has 1 nitrogen and oxygen atoms in total. The van der Waals surface area contributed by atoms with Gasteiger partial charge in [0.25, 0.3) is 0 Å². The van der Waals surface area contributed by atoms with E-state index in [0.717, 1.165) is 6.54 Å². The highest BCUT2D eigenvalue weighted by molar-refractivity contribution is 5.24. The van der Waals surface area contributed by atoms with E-state index in [1.165, 1.54) is 49.7 Å². The predicted octanol–water partition coefficient (Wildman–Crippen LogP) is 5.44. The summed E-state index contributed by atoms with van der Waals surface area (Å²) in [5.74, 6) is 0.666. The van der Waals surface area contributed by atoms with Crippen LogP contribution in [-0.4, -0.2) is 12.6 Å². The van der Waals surface area contributed by atoms with Crippen LogP contribution in [0.1, 0.15) is 76.3 Å². The highest BCUT2D eigenvalue weighted by atomic mass is 14.9. The third-order valence-electron chi connectivity index (χ3n) is 3.98. The van der Waals surface area contributed by atoms with Crippen molar-refractivity contribution in [2.45, 2.75) is 78.2 Å². The summed E-state index contributed by atoms with van der Waals surface area (Å²) >= 11 is 0. The molecule has 1 atom stereocenters. The summed E-state index contributed by atoms with van der Waals surface area (Å²) in [6, 6.07) is 9.69. The Hall–Kier alpha value is -0.820. The summed E-state index contributed by atoms with van der Waals surface area (Å²) in [7, 11) is 0. The summed E-state index contributed by atoms with van der Waals surface area (Å²) in [4.78, 5) is 0. The van der Waals surface area contributed by atoms with Gasteiger partial charge >= 0.3 is 0 Å². The molecule has 0 amide bonds. The van der Waals surface area contributed by atoms with Crippen LogP contribution in [0.4, 0.5) is 0 Å². The van der Waals surface area contributed by atoms with E-state index in [-0.39, 0.29) is 0 Å². The van der Waals surface area contributed by atoms with E-state index in [1.54, 1.807) is 0 Å². The van der Waals surface area contributed by atoms with E-state index in [2.05, 4.69) is 57.3 Å². The lowest BCUT2D eigenvalue weighted by Gasteiger charge is -2.20. The Kier molecular flexibility index (Phi) is 8.60. The van der Waals surface area contributed by atoms with Crippen LogP contribution in [0, 0.1) is 6.92 Å². The van der Waals surface area contributed by atoms with Gasteiger partial charge in [-0.25, -0.2) is 0 Å². The lowest BCUT2D eigenvalue weighted by Crippen LogP contribution is -2.28. The molecule has 0 spiro atoms. The predicted molar refractivity (Wildman–Crippen MR) is 90.4 cm³/mol. The minimum Gasteiger partial charge on any atom is -0.314 e. The minimum absolute atomic E-state index is 0.572. The number of aryl methyl sites for hydroxylation is 1. The Labute approximate surface area is 126 Å². The number of rotatable bonds is 10. The average Bonchev–Trinajstić information content (AvgIpc) is 2.43. The SMILES string of the molecule is CCCCCCCC(CNC(C)C)c1ccc(C)cc1. The zero-order chi connectivity index (χ0) is 14.8. The Morgan fingerprint density at radius 3 is 2.20 bits per heavy atom. The second kappa shape index (κ2) is 9.99. The van der Waals surface area contributed by atoms with Crippen molar-refractivity contribution in [1.29, 1.82) is 0 Å². The normalized spacial score (nSPS) is 12.8. The fourth-order valence-electron chi connectivity index (χ4n) is 2.60. The summed E-state index contributed by atoms with van der Waals surface area (Å²) < 4.78 is 0. The Bertz CT molecular complexity index is 339. The summed E-state index contributed by atoms with van der Waals surface area (Å²) in [5.41, 5.74) is 2.85. The Morgan fingerprint density at radius 2 is 1.60 bits per heavy atom. The molecule has 0 radical (unpaired) electrons. The average molecular weight is 275 g/mol. The molecule has 1 N–H and O–H groups in total. The molecule has 0 bridgehead atoms. The lowest BCUT2D eigenvalue weighted by atomic mass is 9.92. The number of benzene rings is 1. The van der Waals surface area contributed by atoms with Crippen molar-refractivity contribution in [2.24, 2.45) is 0 Å². The number of unbranched alkanes of at least 4 members (excludes halogenated alkanes) is 4. The molecule has 0 fully saturated rings. The maximum Gasteiger partial charge on any atom is 0.00225 e. The first-order valence-corrected chi connectivity index (χ1v) is 8.43. The number of nitrogens with one attached hydrogen (secondary N) is 1. The van der Waals surface area contributed by atoms with E-state index in [9.17, 15) is 0 Å². The third-order valence-corrected chi connectivity index (χ3v) is 3.98. The smallest absolute Gasteiger partial charge is 0.00225 e. The van der Waals surface area contributed by atoms with E-state index < -0.39 is 0 Å². The van der Waals surface area contributed by atoms with Gasteiger partial charge < -0.3 is 5.32 Å². The molecular formula is C19H33N. The van der Waals surface area contributed by atoms with Crippen molar-refractivity contribution < 1.29 is 0 Å². The quantitative estimate of drug-likeness (QED) is 0.561. The molecule has 1 heteroatoms. The first-order valence-electron chi connectivity index (χ1n) is 8.43. The molecule has 0 aliphatic heterocycles. The standard InChI is InChI=1S/C19H33N/c1-5-6-7-8-9-10-19(15-20-16(2)3)18-13-11-17(4)12-14-18/h11-14,16,19-20H,5-10,15H2,1-4H3. The van der Waals surface area contributed by atoms with Gasteiger partial charge in [-0.15, -0.1) is 0 Å². The van der Waals surface area contributed by atoms with Gasteiger partial charge in [0, 0.05) is 12.6 Å². The first kappa shape index (κ1) is 17.2. The van der Waals surface area contributed by atoms with Crippen molar-refractivity contribution in [3.05, 3.63) is 35.4 Å². The molecule has 0 aliphatic carbocycles. The number of hydrogen-bond acceptors (Lipinski definition) is 1. The fourth-order valence-corrected chi connectivity index (χ4v) is 2.60. The molecule has 1 aromatic rings. The molecule has 20 heavy (non-hydrogen) atoms. The van der Waals surface area contributed by atoms with Gasteiger partial charge in [0.1, 0.15) is 0 Å². The Morgan fingerprint density at radius 1 is 0.950 bits per heavy atom. The van der Waals surface area contributed by atoms with E-state index in [1.807, 2.05) is 0 Å². The number of hydrogen-bond donors (Lipinski definition) is 1. The highest BCUT2D eigenvalue weighted by Gasteiger charge is 2.11. The molecule has 0 aliphatic rings. The Balaban J connectivity index is 2.49. The zero-order valence-corrected chi connectivity index (χ0v) is 13.9. The topological polar surface area (TPSA) is 12.0 Å². The molecular weight excluding hydrogens is 242 g/mol. The van der Waals surface area contributed by atoms with Crippen molar-refractivity contribution in [2.75, 3.05) is 6.54 Å². The monoisotopic (exact) mass is 275 g/mol. The molecule has 1 unspecified atom stereocenters. The van der Waals surface area contributed by atoms with Crippen molar-refractivity contribution in [3.8, 4) is 0 Å². The van der Waals surface area contributed by atoms with Crippen molar-refractivity contribution >= 4 is 0 Å². The van der Waals surface area contributed by atoms with Gasteiger partial charge in [-0.1, -0.05) is 82.7 Å². The molecule has 0 aromatic heterocycles. The van der Waals surface area contributed by atoms with Crippen molar-refractivity contribution in [1.82, 2.24) is 5.32 Å². The van der Waals surface area contributed by atoms with Gasteiger partial charge in [0.2, 0.25) is 0 Å². The van der Waals surface area contributed by atoms with Crippen LogP contribution in [0.5, 0.6) is 0 Å². The summed E-state index contributed by atoms with van der Waals surface area (Å²) in [6.07, 6.45) is 8.17. The van der Waals surface area contributed by atoms with E-state index in [0.29, 0.717) is 12.0 Å². The minimum atomic E-state index is 0.572. The highest BCUT2D eigenvalue weighted by Crippen LogP contribution is 2.23. The molecule has 1 rings (SSSR count). The maximum atomic E-state index is 3.61. The van der Waals surface area contributed by atoms with Gasteiger partial charge in [0.15, 0.2) is 0 Å². The van der Waals surface area contributed by atoms with Crippen LogP contribution < -0.4 is 5.32 Å². The first-order chi connectivity index (χ1) is 9.63. The van der Waals surface area contributed by atoms with Gasteiger partial charge in [-0.2, -0.15) is 0 Å². The van der Waals surface area contributed by atoms with Crippen molar-refractivity contribution in [3.63, 3.8) is 0 Å². The largest absolute Gasteiger partial charge is 0.314 e. The van der Waals surface area contributed by atoms with Crippen LogP contribution in [-0.2, 0) is 0 Å². The molecule has 1 aromatic carbocycles. The molecule has 0 saturated carbocycles. The van der Waals surface area contributed by atoms with E-state index >= 15 is 0 Å². The summed E-state index contributed by atoms with van der Waals surface area (Å²) in [6.45, 7) is 10.0. The summed E-state index contributed by atoms with van der Waals surface area (Å²) in [5, 5.41) is 3.61.